The Bertz CT molecular complexity index is 855. The number of unbranched alkanes of at least 4 members (excludes halogenated alkanes) is 2. The van der Waals surface area contributed by atoms with Crippen molar-refractivity contribution in [3.8, 4) is 11.3 Å². The number of piperidine rings is 1. The number of aliphatic hydroxyl groups is 1. The van der Waals surface area contributed by atoms with Crippen molar-refractivity contribution in [1.82, 2.24) is 15.4 Å². The summed E-state index contributed by atoms with van der Waals surface area (Å²) >= 11 is 0. The van der Waals surface area contributed by atoms with Crippen LogP contribution in [0, 0.1) is 11.7 Å². The largest absolute Gasteiger partial charge is 0.391 e. The molecule has 2 atom stereocenters. The predicted octanol–water partition coefficient (Wildman–Crippen LogP) is 1.55. The monoisotopic (exact) mass is 418 g/mol. The first kappa shape index (κ1) is 21.9. The number of nitrogens with one attached hydrogen (secondary N) is 1. The molecule has 2 heterocycles. The summed E-state index contributed by atoms with van der Waals surface area (Å²) in [6.07, 6.45) is 2.56. The molecule has 0 spiro atoms. The van der Waals surface area contributed by atoms with E-state index in [9.17, 15) is 19.1 Å². The van der Waals surface area contributed by atoms with Gasteiger partial charge in [0.25, 0.3) is 5.91 Å². The molecule has 162 valence electrons. The number of benzene rings is 1. The SMILES string of the molecule is NC(=O)[C@@H]1CCN(CCCCCNC(=O)c2cc(-c3ccc(F)cc3)on2)C[C@H]1O. The maximum absolute atomic E-state index is 13.0. The fourth-order valence-corrected chi connectivity index (χ4v) is 3.59. The molecule has 1 aromatic heterocycles. The number of aliphatic hydroxyl groups excluding tert-OH is 1. The summed E-state index contributed by atoms with van der Waals surface area (Å²) in [6, 6.07) is 7.29. The van der Waals surface area contributed by atoms with Crippen molar-refractivity contribution >= 4 is 11.8 Å². The minimum atomic E-state index is -0.696. The molecule has 1 fully saturated rings. The van der Waals surface area contributed by atoms with Gasteiger partial charge in [0, 0.05) is 24.7 Å². The van der Waals surface area contributed by atoms with E-state index < -0.39 is 17.9 Å². The number of hydrogen-bond donors (Lipinski definition) is 3. The van der Waals surface area contributed by atoms with E-state index in [4.69, 9.17) is 10.3 Å². The van der Waals surface area contributed by atoms with Gasteiger partial charge in [-0.15, -0.1) is 0 Å². The lowest BCUT2D eigenvalue weighted by molar-refractivity contribution is -0.128. The zero-order valence-electron chi connectivity index (χ0n) is 16.7. The van der Waals surface area contributed by atoms with Crippen LogP contribution in [-0.2, 0) is 4.79 Å². The van der Waals surface area contributed by atoms with Crippen LogP contribution in [0.5, 0.6) is 0 Å². The highest BCUT2D eigenvalue weighted by Crippen LogP contribution is 2.21. The number of rotatable bonds is 9. The quantitative estimate of drug-likeness (QED) is 0.531. The number of hydrogen-bond acceptors (Lipinski definition) is 6. The van der Waals surface area contributed by atoms with Crippen LogP contribution in [0.15, 0.2) is 34.9 Å². The molecule has 1 aromatic carbocycles. The van der Waals surface area contributed by atoms with Crippen molar-refractivity contribution in [3.63, 3.8) is 0 Å². The molecular formula is C21H27FN4O4. The lowest BCUT2D eigenvalue weighted by Gasteiger charge is -2.34. The van der Waals surface area contributed by atoms with Gasteiger partial charge in [0.1, 0.15) is 5.82 Å². The second kappa shape index (κ2) is 10.3. The maximum atomic E-state index is 13.0. The van der Waals surface area contributed by atoms with E-state index in [1.807, 2.05) is 0 Å². The Labute approximate surface area is 174 Å². The van der Waals surface area contributed by atoms with E-state index in [0.29, 0.717) is 30.8 Å². The van der Waals surface area contributed by atoms with E-state index >= 15 is 0 Å². The average molecular weight is 418 g/mol. The number of carbonyl (C=O) groups excluding carboxylic acids is 2. The number of carbonyl (C=O) groups is 2. The number of likely N-dealkylation sites (tertiary alicyclic amines) is 1. The zero-order chi connectivity index (χ0) is 21.5. The summed E-state index contributed by atoms with van der Waals surface area (Å²) in [7, 11) is 0. The van der Waals surface area contributed by atoms with Gasteiger partial charge >= 0.3 is 0 Å². The Morgan fingerprint density at radius 1 is 1.27 bits per heavy atom. The summed E-state index contributed by atoms with van der Waals surface area (Å²) in [6.45, 7) is 2.57. The standard InChI is InChI=1S/C21H27FN4O4/c22-15-6-4-14(5-7-15)19-12-17(25-30-19)21(29)24-9-2-1-3-10-26-11-8-16(20(23)28)18(27)13-26/h4-7,12,16,18,27H,1-3,8-11,13H2,(H2,23,28)(H,24,29)/t16-,18-/m1/s1. The van der Waals surface area contributed by atoms with Crippen LogP contribution < -0.4 is 11.1 Å². The second-order valence-electron chi connectivity index (χ2n) is 7.57. The van der Waals surface area contributed by atoms with Crippen molar-refractivity contribution < 1.29 is 23.6 Å². The number of aromatic nitrogens is 1. The van der Waals surface area contributed by atoms with E-state index in [0.717, 1.165) is 32.4 Å². The molecule has 4 N–H and O–H groups in total. The van der Waals surface area contributed by atoms with Crippen LogP contribution in [0.3, 0.4) is 0 Å². The molecule has 0 aliphatic carbocycles. The summed E-state index contributed by atoms with van der Waals surface area (Å²) in [5.74, 6) is -1.14. The van der Waals surface area contributed by atoms with Crippen LogP contribution in [-0.4, -0.2) is 59.3 Å². The Balaban J connectivity index is 1.32. The lowest BCUT2D eigenvalue weighted by atomic mass is 9.93. The maximum Gasteiger partial charge on any atom is 0.273 e. The topological polar surface area (TPSA) is 122 Å². The molecule has 0 saturated carbocycles. The highest BCUT2D eigenvalue weighted by atomic mass is 19.1. The predicted molar refractivity (Wildman–Crippen MR) is 108 cm³/mol. The van der Waals surface area contributed by atoms with Crippen molar-refractivity contribution in [2.24, 2.45) is 11.7 Å². The molecule has 30 heavy (non-hydrogen) atoms. The first-order valence-electron chi connectivity index (χ1n) is 10.1. The van der Waals surface area contributed by atoms with Crippen LogP contribution >= 0.6 is 0 Å². The number of primary amides is 1. The van der Waals surface area contributed by atoms with Gasteiger partial charge in [-0.25, -0.2) is 4.39 Å². The molecule has 3 rings (SSSR count). The number of nitrogens with two attached hydrogens (primary N) is 1. The van der Waals surface area contributed by atoms with E-state index in [1.165, 1.54) is 18.2 Å². The van der Waals surface area contributed by atoms with E-state index in [-0.39, 0.29) is 17.4 Å². The Morgan fingerprint density at radius 3 is 2.73 bits per heavy atom. The third kappa shape index (κ3) is 5.87. The minimum absolute atomic E-state index is 0.181. The van der Waals surface area contributed by atoms with E-state index in [2.05, 4.69) is 15.4 Å². The van der Waals surface area contributed by atoms with Crippen molar-refractivity contribution in [1.29, 1.82) is 0 Å². The second-order valence-corrected chi connectivity index (χ2v) is 7.57. The number of β-amino-alcohol motifs (C(OH)–C–C–N with tert-alkyl or cyclic N) is 1. The summed E-state index contributed by atoms with van der Waals surface area (Å²) in [4.78, 5) is 25.5. The normalized spacial score (nSPS) is 19.5. The number of halogens is 1. The molecule has 0 unspecified atom stereocenters. The van der Waals surface area contributed by atoms with Crippen LogP contribution in [0.2, 0.25) is 0 Å². The fraction of sp³-hybridized carbons (Fsp3) is 0.476. The summed E-state index contributed by atoms with van der Waals surface area (Å²) < 4.78 is 18.2. The molecule has 1 saturated heterocycles. The molecular weight excluding hydrogens is 391 g/mol. The molecule has 8 nitrogen and oxygen atoms in total. The Morgan fingerprint density at radius 2 is 2.03 bits per heavy atom. The highest BCUT2D eigenvalue weighted by Gasteiger charge is 2.31. The van der Waals surface area contributed by atoms with Crippen molar-refractivity contribution in [3.05, 3.63) is 41.8 Å². The van der Waals surface area contributed by atoms with E-state index in [1.54, 1.807) is 12.1 Å². The molecule has 1 aliphatic heterocycles. The fourth-order valence-electron chi connectivity index (χ4n) is 3.59. The van der Waals surface area contributed by atoms with Crippen LogP contribution in [0.25, 0.3) is 11.3 Å². The van der Waals surface area contributed by atoms with Crippen molar-refractivity contribution in [2.45, 2.75) is 31.8 Å². The molecule has 9 heteroatoms. The van der Waals surface area contributed by atoms with Gasteiger partial charge < -0.3 is 25.6 Å². The summed E-state index contributed by atoms with van der Waals surface area (Å²) in [5, 5.41) is 16.6. The molecule has 1 aliphatic rings. The first-order chi connectivity index (χ1) is 14.4. The van der Waals surface area contributed by atoms with Gasteiger partial charge in [0.15, 0.2) is 11.5 Å². The van der Waals surface area contributed by atoms with Crippen LogP contribution in [0.1, 0.15) is 36.2 Å². The Kier molecular flexibility index (Phi) is 7.53. The third-order valence-corrected chi connectivity index (χ3v) is 5.34. The van der Waals surface area contributed by atoms with Gasteiger partial charge in [-0.3, -0.25) is 9.59 Å². The number of nitrogens with zero attached hydrogens (tertiary/aromatic N) is 2. The van der Waals surface area contributed by atoms with Gasteiger partial charge in [0.05, 0.1) is 12.0 Å². The average Bonchev–Trinajstić information content (AvgIpc) is 3.21. The lowest BCUT2D eigenvalue weighted by Crippen LogP contribution is -2.48. The van der Waals surface area contributed by atoms with Gasteiger partial charge in [-0.1, -0.05) is 11.6 Å². The zero-order valence-corrected chi connectivity index (χ0v) is 16.7. The van der Waals surface area contributed by atoms with Gasteiger partial charge in [0.2, 0.25) is 5.91 Å². The van der Waals surface area contributed by atoms with Gasteiger partial charge in [-0.05, 0) is 56.6 Å². The van der Waals surface area contributed by atoms with Gasteiger partial charge in [-0.2, -0.15) is 0 Å². The molecule has 2 amide bonds. The van der Waals surface area contributed by atoms with Crippen molar-refractivity contribution in [2.75, 3.05) is 26.2 Å². The smallest absolute Gasteiger partial charge is 0.273 e. The molecule has 0 bridgehead atoms. The molecule has 0 radical (unpaired) electrons. The highest BCUT2D eigenvalue weighted by molar-refractivity contribution is 5.93. The Hall–Kier alpha value is -2.78. The first-order valence-corrected chi connectivity index (χ1v) is 10.1. The molecule has 2 aromatic rings. The number of amides is 2. The van der Waals surface area contributed by atoms with Crippen LogP contribution in [0.4, 0.5) is 4.39 Å². The minimum Gasteiger partial charge on any atom is -0.391 e. The summed E-state index contributed by atoms with van der Waals surface area (Å²) in [5.41, 5.74) is 6.11. The third-order valence-electron chi connectivity index (χ3n) is 5.34.